The molecule has 0 saturated heterocycles. The molecule has 0 radical (unpaired) electrons. The zero-order chi connectivity index (χ0) is 21.3. The fourth-order valence-corrected chi connectivity index (χ4v) is 2.40. The Morgan fingerprint density at radius 3 is 2.50 bits per heavy atom. The summed E-state index contributed by atoms with van der Waals surface area (Å²) in [5.41, 5.74) is 2.07. The lowest BCUT2D eigenvalue weighted by Crippen LogP contribution is -2.35. The molecule has 0 heterocycles. The summed E-state index contributed by atoms with van der Waals surface area (Å²) in [6.07, 6.45) is 0.830. The highest BCUT2D eigenvalue weighted by molar-refractivity contribution is 6.07. The van der Waals surface area contributed by atoms with E-state index in [9.17, 15) is 14.9 Å². The number of aryl methyl sites for hydroxylation is 1. The SMILES string of the molecule is Cc1cccc(C(C)C)c1NC(=O)/C(C#N)=C\NCCNC(=O)OC(C)(C)C. The minimum atomic E-state index is -0.562. The fraction of sp³-hybridized carbons (Fsp3) is 0.476. The topological polar surface area (TPSA) is 103 Å². The summed E-state index contributed by atoms with van der Waals surface area (Å²) in [6, 6.07) is 7.72. The average Bonchev–Trinajstić information content (AvgIpc) is 2.57. The van der Waals surface area contributed by atoms with Crippen molar-refractivity contribution in [3.8, 4) is 6.07 Å². The van der Waals surface area contributed by atoms with Crippen LogP contribution >= 0.6 is 0 Å². The van der Waals surface area contributed by atoms with Crippen LogP contribution in [0.5, 0.6) is 0 Å². The molecule has 3 N–H and O–H groups in total. The first-order chi connectivity index (χ1) is 13.0. The molecular formula is C21H30N4O3. The van der Waals surface area contributed by atoms with E-state index in [-0.39, 0.29) is 11.5 Å². The van der Waals surface area contributed by atoms with Crippen LogP contribution in [0.4, 0.5) is 10.5 Å². The van der Waals surface area contributed by atoms with Gasteiger partial charge in [-0.05, 0) is 44.7 Å². The molecule has 1 aromatic rings. The molecule has 1 rings (SSSR count). The summed E-state index contributed by atoms with van der Waals surface area (Å²) in [7, 11) is 0. The Hall–Kier alpha value is -3.01. The first-order valence-electron chi connectivity index (χ1n) is 9.26. The number of nitrogens with one attached hydrogen (secondary N) is 3. The minimum absolute atomic E-state index is 0.0461. The minimum Gasteiger partial charge on any atom is -0.444 e. The van der Waals surface area contributed by atoms with E-state index in [0.29, 0.717) is 13.1 Å². The number of rotatable bonds is 7. The molecule has 152 valence electrons. The average molecular weight is 386 g/mol. The second-order valence-electron chi connectivity index (χ2n) is 7.70. The fourth-order valence-electron chi connectivity index (χ4n) is 2.40. The molecule has 0 aromatic heterocycles. The van der Waals surface area contributed by atoms with E-state index in [0.717, 1.165) is 16.8 Å². The molecule has 2 amide bonds. The lowest BCUT2D eigenvalue weighted by atomic mass is 9.98. The Balaban J connectivity index is 2.63. The first-order valence-corrected chi connectivity index (χ1v) is 9.26. The normalized spacial score (nSPS) is 11.6. The highest BCUT2D eigenvalue weighted by Crippen LogP contribution is 2.27. The standard InChI is InChI=1S/C21H30N4O3/c1-14(2)17-9-7-8-15(3)18(17)25-19(26)16(12-22)13-23-10-11-24-20(27)28-21(4,5)6/h7-9,13-14,23H,10-11H2,1-6H3,(H,24,27)(H,25,26)/b16-13-. The quantitative estimate of drug-likeness (QED) is 0.377. The monoisotopic (exact) mass is 386 g/mol. The van der Waals surface area contributed by atoms with Gasteiger partial charge in [0.05, 0.1) is 0 Å². The van der Waals surface area contributed by atoms with Crippen LogP contribution in [0, 0.1) is 18.3 Å². The van der Waals surface area contributed by atoms with Crippen molar-refractivity contribution in [3.05, 3.63) is 41.1 Å². The summed E-state index contributed by atoms with van der Waals surface area (Å²) in [6.45, 7) is 12.0. The van der Waals surface area contributed by atoms with Gasteiger partial charge in [-0.2, -0.15) is 5.26 Å². The molecule has 0 unspecified atom stereocenters. The van der Waals surface area contributed by atoms with Gasteiger partial charge in [0.2, 0.25) is 0 Å². The molecule has 0 aliphatic heterocycles. The number of amides is 2. The van der Waals surface area contributed by atoms with Gasteiger partial charge < -0.3 is 20.7 Å². The Kier molecular flexibility index (Phi) is 8.52. The maximum absolute atomic E-state index is 12.5. The largest absolute Gasteiger partial charge is 0.444 e. The van der Waals surface area contributed by atoms with Crippen LogP contribution in [0.25, 0.3) is 0 Å². The van der Waals surface area contributed by atoms with Gasteiger partial charge >= 0.3 is 6.09 Å². The molecule has 7 nitrogen and oxygen atoms in total. The van der Waals surface area contributed by atoms with Gasteiger partial charge in [0.15, 0.2) is 0 Å². The van der Waals surface area contributed by atoms with Crippen molar-refractivity contribution in [2.75, 3.05) is 18.4 Å². The van der Waals surface area contributed by atoms with Crippen LogP contribution in [0.1, 0.15) is 51.7 Å². The number of para-hydroxylation sites is 1. The van der Waals surface area contributed by atoms with E-state index in [2.05, 4.69) is 16.0 Å². The number of benzene rings is 1. The Morgan fingerprint density at radius 2 is 1.93 bits per heavy atom. The molecular weight excluding hydrogens is 356 g/mol. The molecule has 7 heteroatoms. The third-order valence-corrected chi connectivity index (χ3v) is 3.71. The highest BCUT2D eigenvalue weighted by Gasteiger charge is 2.16. The number of alkyl carbamates (subject to hydrolysis) is 1. The number of anilines is 1. The first kappa shape index (κ1) is 23.0. The second kappa shape index (κ2) is 10.4. The summed E-state index contributed by atoms with van der Waals surface area (Å²) in [5, 5.41) is 17.6. The molecule has 0 fully saturated rings. The van der Waals surface area contributed by atoms with Crippen molar-refractivity contribution in [3.63, 3.8) is 0 Å². The van der Waals surface area contributed by atoms with E-state index in [1.807, 2.05) is 45.0 Å². The predicted molar refractivity (Wildman–Crippen MR) is 110 cm³/mol. The van der Waals surface area contributed by atoms with E-state index in [1.54, 1.807) is 20.8 Å². The van der Waals surface area contributed by atoms with E-state index in [1.165, 1.54) is 6.20 Å². The zero-order valence-corrected chi connectivity index (χ0v) is 17.5. The Bertz CT molecular complexity index is 771. The van der Waals surface area contributed by atoms with Crippen molar-refractivity contribution in [1.29, 1.82) is 5.26 Å². The third kappa shape index (κ3) is 7.70. The summed E-state index contributed by atoms with van der Waals surface area (Å²) >= 11 is 0. The summed E-state index contributed by atoms with van der Waals surface area (Å²) in [4.78, 5) is 24.0. The van der Waals surface area contributed by atoms with Crippen LogP contribution in [0.15, 0.2) is 30.0 Å². The van der Waals surface area contributed by atoms with Crippen molar-refractivity contribution < 1.29 is 14.3 Å². The molecule has 0 bridgehead atoms. The maximum atomic E-state index is 12.5. The maximum Gasteiger partial charge on any atom is 0.407 e. The number of hydrogen-bond acceptors (Lipinski definition) is 5. The van der Waals surface area contributed by atoms with Gasteiger partial charge in [0, 0.05) is 25.0 Å². The lowest BCUT2D eigenvalue weighted by Gasteiger charge is -2.19. The van der Waals surface area contributed by atoms with E-state index < -0.39 is 17.6 Å². The van der Waals surface area contributed by atoms with E-state index >= 15 is 0 Å². The van der Waals surface area contributed by atoms with Crippen molar-refractivity contribution in [2.24, 2.45) is 0 Å². The molecule has 0 spiro atoms. The van der Waals surface area contributed by atoms with Crippen molar-refractivity contribution >= 4 is 17.7 Å². The predicted octanol–water partition coefficient (Wildman–Crippen LogP) is 3.58. The molecule has 0 aliphatic carbocycles. The van der Waals surface area contributed by atoms with Gasteiger partial charge in [-0.25, -0.2) is 4.79 Å². The number of carbonyl (C=O) groups is 2. The summed E-state index contributed by atoms with van der Waals surface area (Å²) in [5.74, 6) is -0.243. The van der Waals surface area contributed by atoms with E-state index in [4.69, 9.17) is 4.74 Å². The van der Waals surface area contributed by atoms with Crippen molar-refractivity contribution in [1.82, 2.24) is 10.6 Å². The third-order valence-electron chi connectivity index (χ3n) is 3.71. The van der Waals surface area contributed by atoms with Gasteiger partial charge in [-0.3, -0.25) is 4.79 Å². The zero-order valence-electron chi connectivity index (χ0n) is 17.5. The number of ether oxygens (including phenoxy) is 1. The number of hydrogen-bond donors (Lipinski definition) is 3. The van der Waals surface area contributed by atoms with Crippen LogP contribution in [-0.4, -0.2) is 30.7 Å². The highest BCUT2D eigenvalue weighted by atomic mass is 16.6. The van der Waals surface area contributed by atoms with Crippen LogP contribution in [-0.2, 0) is 9.53 Å². The molecule has 0 aliphatic rings. The van der Waals surface area contributed by atoms with Crippen LogP contribution < -0.4 is 16.0 Å². The van der Waals surface area contributed by atoms with Gasteiger partial charge in [0.25, 0.3) is 5.91 Å². The number of carbonyl (C=O) groups excluding carboxylic acids is 2. The van der Waals surface area contributed by atoms with Crippen LogP contribution in [0.2, 0.25) is 0 Å². The number of nitrogens with zero attached hydrogens (tertiary/aromatic N) is 1. The van der Waals surface area contributed by atoms with Gasteiger partial charge in [-0.15, -0.1) is 0 Å². The van der Waals surface area contributed by atoms with Gasteiger partial charge in [0.1, 0.15) is 17.2 Å². The molecule has 0 saturated carbocycles. The lowest BCUT2D eigenvalue weighted by molar-refractivity contribution is -0.112. The number of nitriles is 1. The Labute approximate surface area is 167 Å². The Morgan fingerprint density at radius 1 is 1.25 bits per heavy atom. The summed E-state index contributed by atoms with van der Waals surface area (Å²) < 4.78 is 5.12. The van der Waals surface area contributed by atoms with Crippen molar-refractivity contribution in [2.45, 2.75) is 53.1 Å². The smallest absolute Gasteiger partial charge is 0.407 e. The molecule has 0 atom stereocenters. The molecule has 1 aromatic carbocycles. The molecule has 28 heavy (non-hydrogen) atoms. The van der Waals surface area contributed by atoms with Crippen LogP contribution in [0.3, 0.4) is 0 Å². The van der Waals surface area contributed by atoms with Gasteiger partial charge in [-0.1, -0.05) is 32.0 Å². The second-order valence-corrected chi connectivity index (χ2v) is 7.70.